The van der Waals surface area contributed by atoms with Gasteiger partial charge in [0.25, 0.3) is 0 Å². The summed E-state index contributed by atoms with van der Waals surface area (Å²) < 4.78 is 0. The Balaban J connectivity index is 1.89. The summed E-state index contributed by atoms with van der Waals surface area (Å²) in [5.74, 6) is 0. The van der Waals surface area contributed by atoms with Crippen molar-refractivity contribution in [1.82, 2.24) is 10.2 Å². The van der Waals surface area contributed by atoms with Crippen LogP contribution in [0, 0.1) is 0 Å². The minimum absolute atomic E-state index is 0.116. The molecular formula is C22H22Cl2N2. The van der Waals surface area contributed by atoms with E-state index >= 15 is 0 Å². The Morgan fingerprint density at radius 2 is 1.69 bits per heavy atom. The van der Waals surface area contributed by atoms with Crippen LogP contribution in [0.3, 0.4) is 0 Å². The molecule has 0 spiro atoms. The number of fused-ring (bicyclic) bond motifs is 1. The number of rotatable bonds is 3. The Hall–Kier alpha value is -1.58. The average Bonchev–Trinajstić information content (AvgIpc) is 2.93. The molecule has 0 aliphatic carbocycles. The van der Waals surface area contributed by atoms with Gasteiger partial charge in [0.15, 0.2) is 0 Å². The van der Waals surface area contributed by atoms with Gasteiger partial charge >= 0.3 is 0 Å². The number of nitrogens with one attached hydrogen (secondary N) is 1. The van der Waals surface area contributed by atoms with Crippen molar-refractivity contribution in [2.24, 2.45) is 0 Å². The third-order valence-electron chi connectivity index (χ3n) is 5.11. The first-order valence-electron chi connectivity index (χ1n) is 9.11. The lowest BCUT2D eigenvalue weighted by Crippen LogP contribution is -2.33. The molecule has 134 valence electrons. The van der Waals surface area contributed by atoms with E-state index in [0.717, 1.165) is 43.2 Å². The third kappa shape index (κ3) is 3.60. The van der Waals surface area contributed by atoms with Gasteiger partial charge in [-0.05, 0) is 47.0 Å². The quantitative estimate of drug-likeness (QED) is 0.638. The van der Waals surface area contributed by atoms with Crippen molar-refractivity contribution in [2.45, 2.75) is 12.5 Å². The van der Waals surface area contributed by atoms with E-state index in [1.165, 1.54) is 16.3 Å². The van der Waals surface area contributed by atoms with Crippen LogP contribution in [0.1, 0.15) is 23.6 Å². The second-order valence-electron chi connectivity index (χ2n) is 6.78. The highest BCUT2D eigenvalue weighted by molar-refractivity contribution is 6.35. The second kappa shape index (κ2) is 7.98. The van der Waals surface area contributed by atoms with Gasteiger partial charge in [-0.3, -0.25) is 4.90 Å². The molecule has 0 bridgehead atoms. The van der Waals surface area contributed by atoms with Crippen molar-refractivity contribution < 1.29 is 0 Å². The van der Waals surface area contributed by atoms with Crippen molar-refractivity contribution in [3.63, 3.8) is 0 Å². The van der Waals surface area contributed by atoms with Crippen LogP contribution in [0.25, 0.3) is 10.8 Å². The van der Waals surface area contributed by atoms with Crippen LogP contribution >= 0.6 is 23.2 Å². The van der Waals surface area contributed by atoms with E-state index in [1.54, 1.807) is 0 Å². The van der Waals surface area contributed by atoms with Crippen LogP contribution in [-0.4, -0.2) is 31.1 Å². The Morgan fingerprint density at radius 3 is 2.58 bits per heavy atom. The van der Waals surface area contributed by atoms with E-state index < -0.39 is 0 Å². The van der Waals surface area contributed by atoms with Gasteiger partial charge in [0, 0.05) is 29.7 Å². The predicted molar refractivity (Wildman–Crippen MR) is 111 cm³/mol. The first kappa shape index (κ1) is 17.8. The summed E-state index contributed by atoms with van der Waals surface area (Å²) in [6.45, 7) is 4.09. The molecule has 0 aromatic heterocycles. The molecule has 1 unspecified atom stereocenters. The summed E-state index contributed by atoms with van der Waals surface area (Å²) in [5, 5.41) is 7.44. The zero-order valence-corrected chi connectivity index (χ0v) is 16.1. The van der Waals surface area contributed by atoms with Crippen LogP contribution in [0.4, 0.5) is 0 Å². The van der Waals surface area contributed by atoms with Gasteiger partial charge in [0.2, 0.25) is 0 Å². The Morgan fingerprint density at radius 1 is 0.846 bits per heavy atom. The highest BCUT2D eigenvalue weighted by Gasteiger charge is 2.26. The molecule has 26 heavy (non-hydrogen) atoms. The lowest BCUT2D eigenvalue weighted by atomic mass is 9.92. The van der Waals surface area contributed by atoms with Crippen LogP contribution in [0.2, 0.25) is 10.0 Å². The molecule has 0 radical (unpaired) electrons. The van der Waals surface area contributed by atoms with Crippen molar-refractivity contribution in [2.75, 3.05) is 26.2 Å². The van der Waals surface area contributed by atoms with Gasteiger partial charge < -0.3 is 5.32 Å². The lowest BCUT2D eigenvalue weighted by Gasteiger charge is -2.32. The number of halogens is 2. The summed E-state index contributed by atoms with van der Waals surface area (Å²) >= 11 is 12.8. The van der Waals surface area contributed by atoms with Crippen molar-refractivity contribution in [3.8, 4) is 0 Å². The smallest absolute Gasteiger partial charge is 0.0623 e. The molecule has 1 heterocycles. The molecule has 1 saturated heterocycles. The van der Waals surface area contributed by atoms with Gasteiger partial charge in [-0.2, -0.15) is 0 Å². The van der Waals surface area contributed by atoms with Gasteiger partial charge in [-0.15, -0.1) is 0 Å². The zero-order valence-electron chi connectivity index (χ0n) is 14.6. The van der Waals surface area contributed by atoms with Crippen molar-refractivity contribution >= 4 is 34.0 Å². The monoisotopic (exact) mass is 384 g/mol. The molecule has 1 atom stereocenters. The summed E-state index contributed by atoms with van der Waals surface area (Å²) in [7, 11) is 0. The maximum atomic E-state index is 6.66. The van der Waals surface area contributed by atoms with Crippen molar-refractivity contribution in [3.05, 3.63) is 81.8 Å². The molecule has 1 N–H and O–H groups in total. The fourth-order valence-electron chi connectivity index (χ4n) is 3.90. The summed E-state index contributed by atoms with van der Waals surface area (Å²) in [4.78, 5) is 2.54. The van der Waals surface area contributed by atoms with Gasteiger partial charge in [-0.25, -0.2) is 0 Å². The highest BCUT2D eigenvalue weighted by atomic mass is 35.5. The average molecular weight is 385 g/mol. The van der Waals surface area contributed by atoms with E-state index in [4.69, 9.17) is 23.2 Å². The van der Waals surface area contributed by atoms with Crippen LogP contribution in [0.15, 0.2) is 60.7 Å². The molecule has 1 aliphatic heterocycles. The highest BCUT2D eigenvalue weighted by Crippen LogP contribution is 2.38. The Kier molecular flexibility index (Phi) is 5.46. The zero-order chi connectivity index (χ0) is 17.9. The summed E-state index contributed by atoms with van der Waals surface area (Å²) in [6.07, 6.45) is 1.13. The molecule has 3 aromatic rings. The number of hydrogen-bond acceptors (Lipinski definition) is 2. The largest absolute Gasteiger partial charge is 0.315 e. The van der Waals surface area contributed by atoms with Gasteiger partial charge in [0.1, 0.15) is 0 Å². The summed E-state index contributed by atoms with van der Waals surface area (Å²) in [6, 6.07) is 21.1. The molecule has 4 heteroatoms. The minimum Gasteiger partial charge on any atom is -0.315 e. The van der Waals surface area contributed by atoms with Crippen LogP contribution in [0.5, 0.6) is 0 Å². The molecular weight excluding hydrogens is 363 g/mol. The SMILES string of the molecule is Clc1ccc(C(c2cccc3ccccc23)N2CCCNCC2)c(Cl)c1. The van der Waals surface area contributed by atoms with Crippen LogP contribution < -0.4 is 5.32 Å². The molecule has 4 rings (SSSR count). The topological polar surface area (TPSA) is 15.3 Å². The first-order chi connectivity index (χ1) is 12.7. The van der Waals surface area contributed by atoms with E-state index in [9.17, 15) is 0 Å². The van der Waals surface area contributed by atoms with E-state index in [1.807, 2.05) is 12.1 Å². The lowest BCUT2D eigenvalue weighted by molar-refractivity contribution is 0.242. The molecule has 0 amide bonds. The second-order valence-corrected chi connectivity index (χ2v) is 7.62. The number of hydrogen-bond donors (Lipinski definition) is 1. The normalized spacial score (nSPS) is 17.2. The third-order valence-corrected chi connectivity index (χ3v) is 5.68. The molecule has 0 saturated carbocycles. The summed E-state index contributed by atoms with van der Waals surface area (Å²) in [5.41, 5.74) is 2.42. The maximum Gasteiger partial charge on any atom is 0.0623 e. The van der Waals surface area contributed by atoms with Crippen LogP contribution in [-0.2, 0) is 0 Å². The first-order valence-corrected chi connectivity index (χ1v) is 9.87. The molecule has 1 fully saturated rings. The van der Waals surface area contributed by atoms with E-state index in [2.05, 4.69) is 58.7 Å². The Bertz CT molecular complexity index is 896. The van der Waals surface area contributed by atoms with Gasteiger partial charge in [-0.1, -0.05) is 71.7 Å². The minimum atomic E-state index is 0.116. The van der Waals surface area contributed by atoms with Crippen molar-refractivity contribution in [1.29, 1.82) is 0 Å². The fraction of sp³-hybridized carbons (Fsp3) is 0.273. The maximum absolute atomic E-state index is 6.66. The fourth-order valence-corrected chi connectivity index (χ4v) is 4.41. The van der Waals surface area contributed by atoms with Gasteiger partial charge in [0.05, 0.1) is 6.04 Å². The van der Waals surface area contributed by atoms with E-state index in [0.29, 0.717) is 5.02 Å². The Labute approximate surface area is 164 Å². The molecule has 1 aliphatic rings. The standard InChI is InChI=1S/C22H22Cl2N2/c23-17-9-10-20(21(24)15-17)22(26-13-4-11-25-12-14-26)19-8-3-6-16-5-1-2-7-18(16)19/h1-3,5-10,15,22,25H,4,11-14H2. The molecule has 3 aromatic carbocycles. The number of nitrogens with zero attached hydrogens (tertiary/aromatic N) is 1. The predicted octanol–water partition coefficient (Wildman–Crippen LogP) is 5.53. The number of benzene rings is 3. The van der Waals surface area contributed by atoms with E-state index in [-0.39, 0.29) is 6.04 Å². The molecule has 2 nitrogen and oxygen atoms in total.